The van der Waals surface area contributed by atoms with Gasteiger partial charge in [0.15, 0.2) is 0 Å². The summed E-state index contributed by atoms with van der Waals surface area (Å²) in [5.41, 5.74) is 0.999. The summed E-state index contributed by atoms with van der Waals surface area (Å²) in [5.74, 6) is -0.00484. The second kappa shape index (κ2) is 6.21. The first-order valence-electron chi connectivity index (χ1n) is 5.74. The molecule has 0 radical (unpaired) electrons. The fourth-order valence-electron chi connectivity index (χ4n) is 1.69. The Morgan fingerprint density at radius 3 is 2.62 bits per heavy atom. The SMILES string of the molecule is CCCNC(C)C(C)c1ccc(F)cc1Cl. The fraction of sp³-hybridized carbons (Fsp3) is 0.538. The van der Waals surface area contributed by atoms with Gasteiger partial charge in [0.05, 0.1) is 0 Å². The van der Waals surface area contributed by atoms with Crippen LogP contribution in [0.3, 0.4) is 0 Å². The molecule has 3 heteroatoms. The van der Waals surface area contributed by atoms with Crippen LogP contribution >= 0.6 is 11.6 Å². The molecule has 2 unspecified atom stereocenters. The number of halogens is 2. The molecule has 2 atom stereocenters. The van der Waals surface area contributed by atoms with E-state index in [1.165, 1.54) is 12.1 Å². The Morgan fingerprint density at radius 2 is 2.06 bits per heavy atom. The highest BCUT2D eigenvalue weighted by atomic mass is 35.5. The lowest BCUT2D eigenvalue weighted by Crippen LogP contribution is -2.31. The van der Waals surface area contributed by atoms with Crippen molar-refractivity contribution in [2.24, 2.45) is 0 Å². The molecule has 0 aromatic heterocycles. The van der Waals surface area contributed by atoms with Gasteiger partial charge in [0.25, 0.3) is 0 Å². The van der Waals surface area contributed by atoms with E-state index in [0.29, 0.717) is 11.1 Å². The molecule has 0 aliphatic rings. The van der Waals surface area contributed by atoms with E-state index in [-0.39, 0.29) is 11.7 Å². The van der Waals surface area contributed by atoms with E-state index < -0.39 is 0 Å². The van der Waals surface area contributed by atoms with E-state index in [0.717, 1.165) is 18.5 Å². The average molecular weight is 244 g/mol. The number of hydrogen-bond acceptors (Lipinski definition) is 1. The average Bonchev–Trinajstić information content (AvgIpc) is 2.25. The highest BCUT2D eigenvalue weighted by molar-refractivity contribution is 6.31. The predicted octanol–water partition coefficient (Wildman–Crippen LogP) is 3.97. The monoisotopic (exact) mass is 243 g/mol. The van der Waals surface area contributed by atoms with E-state index in [1.54, 1.807) is 6.07 Å². The topological polar surface area (TPSA) is 12.0 Å². The Bertz CT molecular complexity index is 341. The van der Waals surface area contributed by atoms with E-state index in [1.807, 2.05) is 0 Å². The Morgan fingerprint density at radius 1 is 1.38 bits per heavy atom. The van der Waals surface area contributed by atoms with Crippen molar-refractivity contribution in [3.63, 3.8) is 0 Å². The zero-order chi connectivity index (χ0) is 12.1. The second-order valence-electron chi connectivity index (χ2n) is 4.20. The highest BCUT2D eigenvalue weighted by Gasteiger charge is 2.16. The maximum absolute atomic E-state index is 12.9. The van der Waals surface area contributed by atoms with Gasteiger partial charge in [-0.1, -0.05) is 31.5 Å². The molecule has 1 aromatic rings. The summed E-state index contributed by atoms with van der Waals surface area (Å²) in [6.07, 6.45) is 1.11. The molecule has 0 saturated heterocycles. The summed E-state index contributed by atoms with van der Waals surface area (Å²) in [7, 11) is 0. The first-order chi connectivity index (χ1) is 7.56. The quantitative estimate of drug-likeness (QED) is 0.825. The Hall–Kier alpha value is -0.600. The van der Waals surface area contributed by atoms with Crippen molar-refractivity contribution in [1.29, 1.82) is 0 Å². The van der Waals surface area contributed by atoms with Crippen molar-refractivity contribution in [3.05, 3.63) is 34.6 Å². The Kier molecular flexibility index (Phi) is 5.23. The van der Waals surface area contributed by atoms with Crippen LogP contribution in [0.1, 0.15) is 38.7 Å². The highest BCUT2D eigenvalue weighted by Crippen LogP contribution is 2.27. The minimum atomic E-state index is -0.282. The molecule has 0 heterocycles. The zero-order valence-corrected chi connectivity index (χ0v) is 10.8. The van der Waals surface area contributed by atoms with Crippen molar-refractivity contribution in [2.45, 2.75) is 39.2 Å². The van der Waals surface area contributed by atoms with Crippen molar-refractivity contribution in [3.8, 4) is 0 Å². The third kappa shape index (κ3) is 3.46. The summed E-state index contributed by atoms with van der Waals surface area (Å²) in [6, 6.07) is 4.94. The van der Waals surface area contributed by atoms with Gasteiger partial charge >= 0.3 is 0 Å². The van der Waals surface area contributed by atoms with E-state index in [9.17, 15) is 4.39 Å². The first kappa shape index (κ1) is 13.5. The van der Waals surface area contributed by atoms with Crippen molar-refractivity contribution >= 4 is 11.6 Å². The summed E-state index contributed by atoms with van der Waals surface area (Å²) in [5, 5.41) is 3.93. The van der Waals surface area contributed by atoms with Gasteiger partial charge < -0.3 is 5.32 Å². The van der Waals surface area contributed by atoms with Crippen molar-refractivity contribution in [2.75, 3.05) is 6.54 Å². The van der Waals surface area contributed by atoms with E-state index in [2.05, 4.69) is 26.1 Å². The fourth-order valence-corrected chi connectivity index (χ4v) is 2.03. The third-order valence-electron chi connectivity index (χ3n) is 2.92. The van der Waals surface area contributed by atoms with Crippen LogP contribution in [0.25, 0.3) is 0 Å². The molecule has 0 spiro atoms. The van der Waals surface area contributed by atoms with Gasteiger partial charge in [-0.3, -0.25) is 0 Å². The van der Waals surface area contributed by atoms with E-state index in [4.69, 9.17) is 11.6 Å². The van der Waals surface area contributed by atoms with Gasteiger partial charge in [0, 0.05) is 11.1 Å². The van der Waals surface area contributed by atoms with Crippen molar-refractivity contribution in [1.82, 2.24) is 5.32 Å². The number of hydrogen-bond donors (Lipinski definition) is 1. The van der Waals surface area contributed by atoms with Crippen LogP contribution in [0.15, 0.2) is 18.2 Å². The Labute approximate surface area is 102 Å². The van der Waals surface area contributed by atoms with Gasteiger partial charge in [-0.05, 0) is 43.5 Å². The van der Waals surface area contributed by atoms with Crippen LogP contribution in [-0.4, -0.2) is 12.6 Å². The maximum Gasteiger partial charge on any atom is 0.124 e. The van der Waals surface area contributed by atoms with Crippen LogP contribution in [0.5, 0.6) is 0 Å². The van der Waals surface area contributed by atoms with Crippen LogP contribution < -0.4 is 5.32 Å². The minimum absolute atomic E-state index is 0.277. The summed E-state index contributed by atoms with van der Waals surface area (Å²) in [6.45, 7) is 7.35. The van der Waals surface area contributed by atoms with Crippen molar-refractivity contribution < 1.29 is 4.39 Å². The molecule has 90 valence electrons. The lowest BCUT2D eigenvalue weighted by Gasteiger charge is -2.22. The molecule has 0 bridgehead atoms. The Balaban J connectivity index is 2.75. The smallest absolute Gasteiger partial charge is 0.124 e. The molecular formula is C13H19ClFN. The van der Waals surface area contributed by atoms with Crippen LogP contribution in [-0.2, 0) is 0 Å². The molecular weight excluding hydrogens is 225 g/mol. The molecule has 0 aliphatic carbocycles. The molecule has 1 nitrogen and oxygen atoms in total. The summed E-state index contributed by atoms with van der Waals surface area (Å²) >= 11 is 6.03. The molecule has 0 amide bonds. The summed E-state index contributed by atoms with van der Waals surface area (Å²) in [4.78, 5) is 0. The zero-order valence-electron chi connectivity index (χ0n) is 10.1. The van der Waals surface area contributed by atoms with Gasteiger partial charge in [-0.25, -0.2) is 4.39 Å². The molecule has 0 saturated carbocycles. The van der Waals surface area contributed by atoms with Crippen LogP contribution in [0.4, 0.5) is 4.39 Å². The molecule has 16 heavy (non-hydrogen) atoms. The lowest BCUT2D eigenvalue weighted by molar-refractivity contribution is 0.481. The first-order valence-corrected chi connectivity index (χ1v) is 6.12. The summed E-state index contributed by atoms with van der Waals surface area (Å²) < 4.78 is 12.9. The second-order valence-corrected chi connectivity index (χ2v) is 4.60. The van der Waals surface area contributed by atoms with Gasteiger partial charge in [0.1, 0.15) is 5.82 Å². The third-order valence-corrected chi connectivity index (χ3v) is 3.25. The van der Waals surface area contributed by atoms with Crippen LogP contribution in [0, 0.1) is 5.82 Å². The number of nitrogens with one attached hydrogen (secondary N) is 1. The largest absolute Gasteiger partial charge is 0.314 e. The minimum Gasteiger partial charge on any atom is -0.314 e. The van der Waals surface area contributed by atoms with Gasteiger partial charge in [-0.15, -0.1) is 0 Å². The standard InChI is InChI=1S/C13H19ClFN/c1-4-7-16-10(3)9(2)12-6-5-11(15)8-13(12)14/h5-6,8-10,16H,4,7H2,1-3H3. The molecule has 1 aromatic carbocycles. The van der Waals surface area contributed by atoms with Crippen LogP contribution in [0.2, 0.25) is 5.02 Å². The number of benzene rings is 1. The van der Waals surface area contributed by atoms with Gasteiger partial charge in [0.2, 0.25) is 0 Å². The number of rotatable bonds is 5. The normalized spacial score (nSPS) is 14.8. The van der Waals surface area contributed by atoms with E-state index >= 15 is 0 Å². The molecule has 0 fully saturated rings. The molecule has 1 rings (SSSR count). The van der Waals surface area contributed by atoms with Gasteiger partial charge in [-0.2, -0.15) is 0 Å². The predicted molar refractivity (Wildman–Crippen MR) is 67.6 cm³/mol. The maximum atomic E-state index is 12.9. The molecule has 0 aliphatic heterocycles. The lowest BCUT2D eigenvalue weighted by atomic mass is 9.94. The molecule has 1 N–H and O–H groups in total.